The molecule has 2 unspecified atom stereocenters. The summed E-state index contributed by atoms with van der Waals surface area (Å²) in [5.74, 6) is 0. The van der Waals surface area contributed by atoms with Gasteiger partial charge in [-0.05, 0) is 20.3 Å². The van der Waals surface area contributed by atoms with Gasteiger partial charge in [0.15, 0.2) is 0 Å². The Balaban J connectivity index is 2.02. The Morgan fingerprint density at radius 1 is 1.22 bits per heavy atom. The SMILES string of the molecule is CC(C)N1CCC(N2CCNCC2C(F)(F)F)C1. The van der Waals surface area contributed by atoms with Crippen LogP contribution in [0.1, 0.15) is 20.3 Å². The van der Waals surface area contributed by atoms with Gasteiger partial charge in [0.25, 0.3) is 0 Å². The van der Waals surface area contributed by atoms with E-state index in [9.17, 15) is 13.2 Å². The number of piperazine rings is 1. The summed E-state index contributed by atoms with van der Waals surface area (Å²) in [6.07, 6.45) is -3.27. The van der Waals surface area contributed by atoms with Crippen LogP contribution in [-0.2, 0) is 0 Å². The summed E-state index contributed by atoms with van der Waals surface area (Å²) in [6.45, 7) is 7.07. The van der Waals surface area contributed by atoms with Crippen LogP contribution in [0.2, 0.25) is 0 Å². The molecule has 0 aromatic heterocycles. The summed E-state index contributed by atoms with van der Waals surface area (Å²) in [5, 5.41) is 2.85. The molecule has 0 aromatic rings. The first-order chi connectivity index (χ1) is 8.39. The van der Waals surface area contributed by atoms with Gasteiger partial charge in [0, 0.05) is 44.8 Å². The second-order valence-electron chi connectivity index (χ2n) is 5.53. The Kier molecular flexibility index (Phi) is 4.18. The third-order valence-corrected chi connectivity index (χ3v) is 4.06. The molecule has 2 atom stereocenters. The topological polar surface area (TPSA) is 18.5 Å². The molecule has 2 saturated heterocycles. The van der Waals surface area contributed by atoms with Crippen LogP contribution in [0.4, 0.5) is 13.2 Å². The third-order valence-electron chi connectivity index (χ3n) is 4.06. The van der Waals surface area contributed by atoms with Crippen molar-refractivity contribution >= 4 is 0 Å². The number of nitrogens with one attached hydrogen (secondary N) is 1. The number of rotatable bonds is 2. The molecule has 2 fully saturated rings. The van der Waals surface area contributed by atoms with E-state index in [-0.39, 0.29) is 12.6 Å². The van der Waals surface area contributed by atoms with Gasteiger partial charge >= 0.3 is 6.18 Å². The van der Waals surface area contributed by atoms with Crippen molar-refractivity contribution < 1.29 is 13.2 Å². The highest BCUT2D eigenvalue weighted by molar-refractivity contribution is 4.93. The molecule has 0 radical (unpaired) electrons. The van der Waals surface area contributed by atoms with Gasteiger partial charge in [-0.3, -0.25) is 9.80 Å². The average Bonchev–Trinajstić information content (AvgIpc) is 2.77. The van der Waals surface area contributed by atoms with Crippen LogP contribution >= 0.6 is 0 Å². The van der Waals surface area contributed by atoms with E-state index in [1.165, 1.54) is 0 Å². The Bertz CT molecular complexity index is 280. The molecule has 0 spiro atoms. The van der Waals surface area contributed by atoms with Gasteiger partial charge in [-0.1, -0.05) is 0 Å². The summed E-state index contributed by atoms with van der Waals surface area (Å²) in [6, 6.07) is -0.841. The lowest BCUT2D eigenvalue weighted by molar-refractivity contribution is -0.192. The predicted molar refractivity (Wildman–Crippen MR) is 64.5 cm³/mol. The van der Waals surface area contributed by atoms with E-state index in [2.05, 4.69) is 24.1 Å². The van der Waals surface area contributed by atoms with Crippen LogP contribution in [0.5, 0.6) is 0 Å². The highest BCUT2D eigenvalue weighted by Gasteiger charge is 2.47. The molecule has 2 aliphatic rings. The van der Waals surface area contributed by atoms with E-state index < -0.39 is 12.2 Å². The Labute approximate surface area is 106 Å². The third kappa shape index (κ3) is 2.97. The number of halogens is 3. The summed E-state index contributed by atoms with van der Waals surface area (Å²) in [5.41, 5.74) is 0. The summed E-state index contributed by atoms with van der Waals surface area (Å²) in [4.78, 5) is 3.93. The van der Waals surface area contributed by atoms with Crippen molar-refractivity contribution in [2.75, 3.05) is 32.7 Å². The highest BCUT2D eigenvalue weighted by atomic mass is 19.4. The largest absolute Gasteiger partial charge is 0.405 e. The maximum Gasteiger partial charge on any atom is 0.405 e. The van der Waals surface area contributed by atoms with Crippen molar-refractivity contribution in [2.24, 2.45) is 0 Å². The molecule has 0 bridgehead atoms. The molecule has 6 heteroatoms. The molecule has 2 heterocycles. The van der Waals surface area contributed by atoms with Gasteiger partial charge in [-0.15, -0.1) is 0 Å². The van der Waals surface area contributed by atoms with Gasteiger partial charge in [0.05, 0.1) is 0 Å². The van der Waals surface area contributed by atoms with E-state index in [1.807, 2.05) is 0 Å². The molecule has 0 aliphatic carbocycles. The Morgan fingerprint density at radius 2 is 1.94 bits per heavy atom. The molecule has 18 heavy (non-hydrogen) atoms. The first-order valence-corrected chi connectivity index (χ1v) is 6.67. The fourth-order valence-electron chi connectivity index (χ4n) is 2.97. The molecule has 0 amide bonds. The Hall–Kier alpha value is -0.330. The van der Waals surface area contributed by atoms with Crippen molar-refractivity contribution in [3.8, 4) is 0 Å². The van der Waals surface area contributed by atoms with E-state index in [4.69, 9.17) is 0 Å². The number of alkyl halides is 3. The van der Waals surface area contributed by atoms with Gasteiger partial charge in [0.2, 0.25) is 0 Å². The van der Waals surface area contributed by atoms with E-state index >= 15 is 0 Å². The summed E-state index contributed by atoms with van der Waals surface area (Å²) in [7, 11) is 0. The number of hydrogen-bond donors (Lipinski definition) is 1. The van der Waals surface area contributed by atoms with Crippen LogP contribution < -0.4 is 5.32 Å². The van der Waals surface area contributed by atoms with Gasteiger partial charge in [-0.2, -0.15) is 13.2 Å². The minimum absolute atomic E-state index is 0.0294. The monoisotopic (exact) mass is 265 g/mol. The summed E-state index contributed by atoms with van der Waals surface area (Å²) < 4.78 is 39.0. The smallest absolute Gasteiger partial charge is 0.314 e. The van der Waals surface area contributed by atoms with Crippen LogP contribution in [0.3, 0.4) is 0 Å². The van der Waals surface area contributed by atoms with Gasteiger partial charge in [0.1, 0.15) is 6.04 Å². The second kappa shape index (κ2) is 5.35. The van der Waals surface area contributed by atoms with Crippen LogP contribution in [0.15, 0.2) is 0 Å². The normalized spacial score (nSPS) is 32.3. The molecular formula is C12H22F3N3. The molecule has 0 saturated carbocycles. The van der Waals surface area contributed by atoms with Crippen molar-refractivity contribution in [1.82, 2.24) is 15.1 Å². The van der Waals surface area contributed by atoms with Gasteiger partial charge in [-0.25, -0.2) is 0 Å². The molecule has 106 valence electrons. The fourth-order valence-corrected chi connectivity index (χ4v) is 2.97. The lowest BCUT2D eigenvalue weighted by Crippen LogP contribution is -2.61. The number of hydrogen-bond acceptors (Lipinski definition) is 3. The molecule has 3 nitrogen and oxygen atoms in total. The van der Waals surface area contributed by atoms with Gasteiger partial charge < -0.3 is 5.32 Å². The summed E-state index contributed by atoms with van der Waals surface area (Å²) >= 11 is 0. The predicted octanol–water partition coefficient (Wildman–Crippen LogP) is 1.31. The molecule has 2 aliphatic heterocycles. The number of nitrogens with zero attached hydrogens (tertiary/aromatic N) is 2. The van der Waals surface area contributed by atoms with Crippen molar-refractivity contribution in [1.29, 1.82) is 0 Å². The zero-order chi connectivity index (χ0) is 13.3. The lowest BCUT2D eigenvalue weighted by atomic mass is 10.1. The molecule has 1 N–H and O–H groups in total. The Morgan fingerprint density at radius 3 is 2.50 bits per heavy atom. The van der Waals surface area contributed by atoms with Crippen molar-refractivity contribution in [2.45, 2.75) is 44.6 Å². The second-order valence-corrected chi connectivity index (χ2v) is 5.53. The maximum atomic E-state index is 13.0. The van der Waals surface area contributed by atoms with Crippen molar-refractivity contribution in [3.05, 3.63) is 0 Å². The lowest BCUT2D eigenvalue weighted by Gasteiger charge is -2.41. The maximum absolute atomic E-state index is 13.0. The molecular weight excluding hydrogens is 243 g/mol. The standard InChI is InChI=1S/C12H22F3N3/c1-9(2)17-5-3-10(8-17)18-6-4-16-7-11(18)12(13,14)15/h9-11,16H,3-8H2,1-2H3. The quantitative estimate of drug-likeness (QED) is 0.812. The van der Waals surface area contributed by atoms with Crippen LogP contribution in [0.25, 0.3) is 0 Å². The first kappa shape index (κ1) is 14.1. The zero-order valence-corrected chi connectivity index (χ0v) is 11.0. The first-order valence-electron chi connectivity index (χ1n) is 6.67. The zero-order valence-electron chi connectivity index (χ0n) is 11.0. The minimum Gasteiger partial charge on any atom is -0.314 e. The van der Waals surface area contributed by atoms with E-state index in [1.54, 1.807) is 4.90 Å². The van der Waals surface area contributed by atoms with Crippen molar-refractivity contribution in [3.63, 3.8) is 0 Å². The van der Waals surface area contributed by atoms with Crippen LogP contribution in [0, 0.1) is 0 Å². The fraction of sp³-hybridized carbons (Fsp3) is 1.00. The van der Waals surface area contributed by atoms with Crippen LogP contribution in [-0.4, -0.2) is 66.8 Å². The highest BCUT2D eigenvalue weighted by Crippen LogP contribution is 2.30. The average molecular weight is 265 g/mol. The number of likely N-dealkylation sites (tertiary alicyclic amines) is 1. The molecule has 2 rings (SSSR count). The van der Waals surface area contributed by atoms with E-state index in [0.717, 1.165) is 19.5 Å². The molecule has 0 aromatic carbocycles. The minimum atomic E-state index is -4.13. The van der Waals surface area contributed by atoms with E-state index in [0.29, 0.717) is 19.1 Å².